The van der Waals surface area contributed by atoms with E-state index < -0.39 is 11.6 Å². The van der Waals surface area contributed by atoms with E-state index in [2.05, 4.69) is 20.5 Å². The minimum atomic E-state index is -0.487. The number of nitrogens with one attached hydrogen (secondary N) is 3. The van der Waals surface area contributed by atoms with E-state index in [1.807, 2.05) is 0 Å². The van der Waals surface area contributed by atoms with Crippen molar-refractivity contribution in [2.75, 3.05) is 7.05 Å². The third kappa shape index (κ3) is 1.04. The lowest BCUT2D eigenvalue weighted by atomic mass is 10.6. The van der Waals surface area contributed by atoms with E-state index in [1.165, 1.54) is 7.05 Å². The van der Waals surface area contributed by atoms with Gasteiger partial charge in [0.25, 0.3) is 5.91 Å². The number of aromatic amines is 2. The first-order valence-corrected chi connectivity index (χ1v) is 2.61. The van der Waals surface area contributed by atoms with Gasteiger partial charge in [-0.2, -0.15) is 0 Å². The van der Waals surface area contributed by atoms with Crippen molar-refractivity contribution in [3.05, 3.63) is 16.3 Å². The summed E-state index contributed by atoms with van der Waals surface area (Å²) in [5, 5.41) is 7.75. The zero-order chi connectivity index (χ0) is 7.56. The molecule has 0 aliphatic rings. The Morgan fingerprint density at radius 1 is 1.70 bits per heavy atom. The molecule has 6 nitrogen and oxygen atoms in total. The standard InChI is InChI=1S/C4H6N4O2/c1-5-3(9)2-6-4(10)8-7-2/h1H3,(H,5,9)(H2,6,7,8,10). The molecule has 0 saturated carbocycles. The molecule has 1 amide bonds. The van der Waals surface area contributed by atoms with E-state index >= 15 is 0 Å². The lowest BCUT2D eigenvalue weighted by Gasteiger charge is -1.88. The van der Waals surface area contributed by atoms with Gasteiger partial charge in [-0.05, 0) is 0 Å². The van der Waals surface area contributed by atoms with Crippen LogP contribution >= 0.6 is 0 Å². The van der Waals surface area contributed by atoms with Gasteiger partial charge in [-0.1, -0.05) is 0 Å². The molecule has 54 valence electrons. The summed E-state index contributed by atoms with van der Waals surface area (Å²) in [6.07, 6.45) is 0. The van der Waals surface area contributed by atoms with Gasteiger partial charge in [-0.25, -0.2) is 9.89 Å². The molecule has 3 N–H and O–H groups in total. The van der Waals surface area contributed by atoms with Gasteiger partial charge in [0.15, 0.2) is 0 Å². The molecule has 0 aromatic carbocycles. The van der Waals surface area contributed by atoms with Crippen LogP contribution in [0.4, 0.5) is 0 Å². The zero-order valence-corrected chi connectivity index (χ0v) is 5.26. The quantitative estimate of drug-likeness (QED) is 0.443. The van der Waals surface area contributed by atoms with Crippen molar-refractivity contribution in [1.82, 2.24) is 20.5 Å². The Hall–Kier alpha value is -1.59. The molecule has 0 aliphatic carbocycles. The molecular formula is C4H6N4O2. The number of amides is 1. The fraction of sp³-hybridized carbons (Fsp3) is 0.250. The number of aromatic nitrogens is 3. The molecule has 0 fully saturated rings. The first kappa shape index (κ1) is 6.53. The van der Waals surface area contributed by atoms with Crippen molar-refractivity contribution in [1.29, 1.82) is 0 Å². The molecule has 0 bridgehead atoms. The average molecular weight is 142 g/mol. The number of H-pyrrole nitrogens is 2. The summed E-state index contributed by atoms with van der Waals surface area (Å²) in [5.74, 6) is -0.425. The molecule has 10 heavy (non-hydrogen) atoms. The number of hydrogen-bond acceptors (Lipinski definition) is 3. The van der Waals surface area contributed by atoms with Gasteiger partial charge in [-0.3, -0.25) is 9.78 Å². The van der Waals surface area contributed by atoms with E-state index in [0.717, 1.165) is 0 Å². The fourth-order valence-corrected chi connectivity index (χ4v) is 0.496. The average Bonchev–Trinajstić information content (AvgIpc) is 2.34. The number of carbonyl (C=O) groups is 1. The summed E-state index contributed by atoms with van der Waals surface area (Å²) in [6.45, 7) is 0. The van der Waals surface area contributed by atoms with E-state index in [1.54, 1.807) is 0 Å². The van der Waals surface area contributed by atoms with Gasteiger partial charge in [-0.15, -0.1) is 5.10 Å². The van der Waals surface area contributed by atoms with E-state index in [9.17, 15) is 9.59 Å². The molecule has 0 atom stereocenters. The van der Waals surface area contributed by atoms with Gasteiger partial charge in [0.05, 0.1) is 0 Å². The predicted octanol–water partition coefficient (Wildman–Crippen LogP) is -1.54. The molecule has 0 radical (unpaired) electrons. The number of nitrogens with zero attached hydrogens (tertiary/aromatic N) is 1. The molecule has 1 aromatic rings. The Kier molecular flexibility index (Phi) is 1.53. The fourth-order valence-electron chi connectivity index (χ4n) is 0.496. The second-order valence-corrected chi connectivity index (χ2v) is 1.61. The van der Waals surface area contributed by atoms with E-state index in [0.29, 0.717) is 0 Å². The summed E-state index contributed by atoms with van der Waals surface area (Å²) in [4.78, 5) is 23.2. The van der Waals surface area contributed by atoms with Crippen LogP contribution < -0.4 is 11.0 Å². The largest absolute Gasteiger partial charge is 0.352 e. The van der Waals surface area contributed by atoms with Gasteiger partial charge in [0.2, 0.25) is 5.82 Å². The Morgan fingerprint density at radius 3 is 2.80 bits per heavy atom. The first-order valence-electron chi connectivity index (χ1n) is 2.61. The summed E-state index contributed by atoms with van der Waals surface area (Å²) in [7, 11) is 1.45. The monoisotopic (exact) mass is 142 g/mol. The lowest BCUT2D eigenvalue weighted by Crippen LogP contribution is -2.19. The predicted molar refractivity (Wildman–Crippen MR) is 32.6 cm³/mol. The van der Waals surface area contributed by atoms with Crippen molar-refractivity contribution in [2.45, 2.75) is 0 Å². The van der Waals surface area contributed by atoms with Crippen LogP contribution in [0.2, 0.25) is 0 Å². The van der Waals surface area contributed by atoms with Crippen molar-refractivity contribution >= 4 is 5.91 Å². The lowest BCUT2D eigenvalue weighted by molar-refractivity contribution is 0.0953. The highest BCUT2D eigenvalue weighted by molar-refractivity contribution is 5.89. The Balaban J connectivity index is 2.95. The highest BCUT2D eigenvalue weighted by Crippen LogP contribution is 1.78. The van der Waals surface area contributed by atoms with Crippen molar-refractivity contribution in [3.8, 4) is 0 Å². The van der Waals surface area contributed by atoms with Crippen LogP contribution in [0.1, 0.15) is 10.6 Å². The SMILES string of the molecule is CNC(=O)c1n[nH]c(=O)[nH]1. The van der Waals surface area contributed by atoms with Gasteiger partial charge >= 0.3 is 5.69 Å². The first-order chi connectivity index (χ1) is 4.74. The summed E-state index contributed by atoms with van der Waals surface area (Å²) >= 11 is 0. The van der Waals surface area contributed by atoms with Gasteiger partial charge in [0, 0.05) is 7.05 Å². The van der Waals surface area contributed by atoms with Gasteiger partial charge < -0.3 is 5.32 Å². The Bertz CT molecular complexity index is 285. The molecule has 1 aromatic heterocycles. The molecule has 0 saturated heterocycles. The highest BCUT2D eigenvalue weighted by atomic mass is 16.2. The minimum absolute atomic E-state index is 0.00694. The summed E-state index contributed by atoms with van der Waals surface area (Å²) in [5.41, 5.74) is -0.487. The smallest absolute Gasteiger partial charge is 0.341 e. The molecule has 0 spiro atoms. The second kappa shape index (κ2) is 2.34. The molecular weight excluding hydrogens is 136 g/mol. The molecule has 0 unspecified atom stereocenters. The van der Waals surface area contributed by atoms with Crippen LogP contribution in [0.5, 0.6) is 0 Å². The minimum Gasteiger partial charge on any atom is -0.352 e. The molecule has 1 rings (SSSR count). The number of hydrogen-bond donors (Lipinski definition) is 3. The van der Waals surface area contributed by atoms with Crippen LogP contribution in [0.3, 0.4) is 0 Å². The Morgan fingerprint density at radius 2 is 2.40 bits per heavy atom. The van der Waals surface area contributed by atoms with Crippen molar-refractivity contribution < 1.29 is 4.79 Å². The van der Waals surface area contributed by atoms with Crippen molar-refractivity contribution in [3.63, 3.8) is 0 Å². The van der Waals surface area contributed by atoms with E-state index in [4.69, 9.17) is 0 Å². The number of carbonyl (C=O) groups excluding carboxylic acids is 1. The second-order valence-electron chi connectivity index (χ2n) is 1.61. The normalized spacial score (nSPS) is 9.30. The van der Waals surface area contributed by atoms with Crippen LogP contribution in [-0.2, 0) is 0 Å². The molecule has 0 aliphatic heterocycles. The highest BCUT2D eigenvalue weighted by Gasteiger charge is 2.05. The van der Waals surface area contributed by atoms with Crippen LogP contribution in [0, 0.1) is 0 Å². The number of rotatable bonds is 1. The molecule has 1 heterocycles. The topological polar surface area (TPSA) is 90.6 Å². The van der Waals surface area contributed by atoms with Gasteiger partial charge in [0.1, 0.15) is 0 Å². The third-order valence-electron chi connectivity index (χ3n) is 0.943. The maximum Gasteiger partial charge on any atom is 0.341 e. The zero-order valence-electron chi connectivity index (χ0n) is 5.26. The van der Waals surface area contributed by atoms with E-state index in [-0.39, 0.29) is 5.82 Å². The maximum absolute atomic E-state index is 10.7. The Labute approximate surface area is 55.7 Å². The third-order valence-corrected chi connectivity index (χ3v) is 0.943. The maximum atomic E-state index is 10.7. The van der Waals surface area contributed by atoms with Crippen LogP contribution in [0.25, 0.3) is 0 Å². The molecule has 6 heteroatoms. The summed E-state index contributed by atoms with van der Waals surface area (Å²) < 4.78 is 0. The van der Waals surface area contributed by atoms with Crippen LogP contribution in [0.15, 0.2) is 4.79 Å². The van der Waals surface area contributed by atoms with Crippen LogP contribution in [-0.4, -0.2) is 28.1 Å². The van der Waals surface area contributed by atoms with Crippen molar-refractivity contribution in [2.24, 2.45) is 0 Å². The summed E-state index contributed by atoms with van der Waals surface area (Å²) in [6, 6.07) is 0.